The molecule has 3 atom stereocenters. The standard InChI is InChI=1S/C25H39N3O3/c1-17(2)23-14-20(15-24(29)26-11-12-28(4)5)18(3)13-21(23)16-27-25(30)19-7-9-22(31-6)10-8-19/h7-10,13,17,20-21,23H,11-12,14-16H2,1-6H3,(H,26,29)(H,27,30). The Kier molecular flexibility index (Phi) is 9.56. The molecule has 172 valence electrons. The maximum Gasteiger partial charge on any atom is 0.251 e. The third-order valence-corrected chi connectivity index (χ3v) is 6.25. The second-order valence-electron chi connectivity index (χ2n) is 9.21. The van der Waals surface area contributed by atoms with Crippen molar-refractivity contribution in [3.63, 3.8) is 0 Å². The highest BCUT2D eigenvalue weighted by Gasteiger charge is 2.32. The predicted molar refractivity (Wildman–Crippen MR) is 125 cm³/mol. The van der Waals surface area contributed by atoms with Crippen LogP contribution in [0.15, 0.2) is 35.9 Å². The van der Waals surface area contributed by atoms with Crippen molar-refractivity contribution in [2.45, 2.75) is 33.6 Å². The van der Waals surface area contributed by atoms with Crippen LogP contribution in [0, 0.1) is 23.7 Å². The summed E-state index contributed by atoms with van der Waals surface area (Å²) in [4.78, 5) is 27.0. The van der Waals surface area contributed by atoms with Crippen molar-refractivity contribution in [3.8, 4) is 5.75 Å². The molecule has 0 saturated heterocycles. The maximum absolute atomic E-state index is 12.6. The number of nitrogens with zero attached hydrogens (tertiary/aromatic N) is 1. The van der Waals surface area contributed by atoms with E-state index in [1.807, 2.05) is 14.1 Å². The lowest BCUT2D eigenvalue weighted by Crippen LogP contribution is -2.38. The number of ether oxygens (including phenoxy) is 1. The van der Waals surface area contributed by atoms with Gasteiger partial charge in [0.05, 0.1) is 7.11 Å². The highest BCUT2D eigenvalue weighted by molar-refractivity contribution is 5.94. The van der Waals surface area contributed by atoms with Gasteiger partial charge in [0.2, 0.25) is 5.91 Å². The van der Waals surface area contributed by atoms with Gasteiger partial charge in [-0.25, -0.2) is 0 Å². The summed E-state index contributed by atoms with van der Waals surface area (Å²) in [5.41, 5.74) is 1.88. The molecule has 1 aromatic rings. The van der Waals surface area contributed by atoms with E-state index in [1.54, 1.807) is 31.4 Å². The number of hydrogen-bond donors (Lipinski definition) is 2. The number of carbonyl (C=O) groups excluding carboxylic acids is 2. The molecule has 6 nitrogen and oxygen atoms in total. The molecule has 0 aliphatic heterocycles. The Bertz CT molecular complexity index is 756. The molecule has 2 N–H and O–H groups in total. The summed E-state index contributed by atoms with van der Waals surface area (Å²) in [6, 6.07) is 7.15. The Morgan fingerprint density at radius 2 is 1.84 bits per heavy atom. The van der Waals surface area contributed by atoms with Gasteiger partial charge < -0.3 is 20.3 Å². The van der Waals surface area contributed by atoms with Gasteiger partial charge in [0.15, 0.2) is 0 Å². The first-order valence-corrected chi connectivity index (χ1v) is 11.2. The quantitative estimate of drug-likeness (QED) is 0.560. The largest absolute Gasteiger partial charge is 0.497 e. The van der Waals surface area contributed by atoms with Crippen LogP contribution >= 0.6 is 0 Å². The molecule has 1 aromatic carbocycles. The molecule has 0 radical (unpaired) electrons. The average molecular weight is 430 g/mol. The highest BCUT2D eigenvalue weighted by atomic mass is 16.5. The number of hydrogen-bond acceptors (Lipinski definition) is 4. The number of methoxy groups -OCH3 is 1. The second-order valence-corrected chi connectivity index (χ2v) is 9.21. The minimum atomic E-state index is -0.0707. The molecule has 0 heterocycles. The molecular weight excluding hydrogens is 390 g/mol. The SMILES string of the molecule is COc1ccc(C(=O)NCC2C=C(C)C(CC(=O)NCCN(C)C)CC2C(C)C)cc1. The Morgan fingerprint density at radius 3 is 2.42 bits per heavy atom. The van der Waals surface area contributed by atoms with Crippen LogP contribution in [0.2, 0.25) is 0 Å². The molecule has 31 heavy (non-hydrogen) atoms. The first kappa shape index (κ1) is 24.9. The molecule has 3 unspecified atom stereocenters. The van der Waals surface area contributed by atoms with E-state index in [9.17, 15) is 9.59 Å². The van der Waals surface area contributed by atoms with Crippen LogP contribution in [-0.2, 0) is 4.79 Å². The molecule has 1 aliphatic rings. The van der Waals surface area contributed by atoms with Crippen LogP contribution in [0.5, 0.6) is 5.75 Å². The Labute approximate surface area is 187 Å². The van der Waals surface area contributed by atoms with Crippen LogP contribution in [0.25, 0.3) is 0 Å². The van der Waals surface area contributed by atoms with Crippen molar-refractivity contribution in [1.29, 1.82) is 0 Å². The van der Waals surface area contributed by atoms with E-state index < -0.39 is 0 Å². The van der Waals surface area contributed by atoms with Crippen molar-refractivity contribution in [1.82, 2.24) is 15.5 Å². The number of carbonyl (C=O) groups is 2. The lowest BCUT2D eigenvalue weighted by Gasteiger charge is -2.37. The average Bonchev–Trinajstić information content (AvgIpc) is 2.73. The topological polar surface area (TPSA) is 70.7 Å². The third-order valence-electron chi connectivity index (χ3n) is 6.25. The molecular formula is C25H39N3O3. The minimum Gasteiger partial charge on any atom is -0.497 e. The number of likely N-dealkylation sites (N-methyl/N-ethyl adjacent to an activating group) is 1. The fraction of sp³-hybridized carbons (Fsp3) is 0.600. The fourth-order valence-electron chi connectivity index (χ4n) is 4.28. The van der Waals surface area contributed by atoms with E-state index in [1.165, 1.54) is 5.57 Å². The van der Waals surface area contributed by atoms with E-state index in [0.29, 0.717) is 36.9 Å². The van der Waals surface area contributed by atoms with Crippen molar-refractivity contribution in [3.05, 3.63) is 41.5 Å². The summed E-state index contributed by atoms with van der Waals surface area (Å²) < 4.78 is 5.16. The lowest BCUT2D eigenvalue weighted by molar-refractivity contribution is -0.122. The smallest absolute Gasteiger partial charge is 0.251 e. The van der Waals surface area contributed by atoms with Gasteiger partial charge in [0.1, 0.15) is 5.75 Å². The van der Waals surface area contributed by atoms with Gasteiger partial charge in [0, 0.05) is 31.6 Å². The fourth-order valence-corrected chi connectivity index (χ4v) is 4.28. The van der Waals surface area contributed by atoms with Gasteiger partial charge in [-0.15, -0.1) is 0 Å². The Morgan fingerprint density at radius 1 is 1.16 bits per heavy atom. The zero-order chi connectivity index (χ0) is 23.0. The van der Waals surface area contributed by atoms with Gasteiger partial charge >= 0.3 is 0 Å². The summed E-state index contributed by atoms with van der Waals surface area (Å²) in [5.74, 6) is 2.23. The number of benzene rings is 1. The second kappa shape index (κ2) is 11.9. The molecule has 2 rings (SSSR count). The van der Waals surface area contributed by atoms with E-state index in [0.717, 1.165) is 18.7 Å². The molecule has 0 aromatic heterocycles. The van der Waals surface area contributed by atoms with Crippen molar-refractivity contribution >= 4 is 11.8 Å². The normalized spacial score (nSPS) is 21.0. The van der Waals surface area contributed by atoms with Crippen molar-refractivity contribution in [2.24, 2.45) is 23.7 Å². The van der Waals surface area contributed by atoms with Crippen molar-refractivity contribution in [2.75, 3.05) is 40.8 Å². The van der Waals surface area contributed by atoms with Gasteiger partial charge in [-0.1, -0.05) is 25.5 Å². The van der Waals surface area contributed by atoms with E-state index in [-0.39, 0.29) is 23.7 Å². The maximum atomic E-state index is 12.6. The molecule has 0 spiro atoms. The number of rotatable bonds is 10. The highest BCUT2D eigenvalue weighted by Crippen LogP contribution is 2.38. The molecule has 0 saturated carbocycles. The summed E-state index contributed by atoms with van der Waals surface area (Å²) in [5, 5.41) is 6.13. The summed E-state index contributed by atoms with van der Waals surface area (Å²) in [6.07, 6.45) is 3.79. The van der Waals surface area contributed by atoms with Gasteiger partial charge in [0.25, 0.3) is 5.91 Å². The first-order chi connectivity index (χ1) is 14.7. The Balaban J connectivity index is 1.96. The molecule has 2 amide bonds. The summed E-state index contributed by atoms with van der Waals surface area (Å²) in [7, 11) is 5.61. The van der Waals surface area contributed by atoms with Crippen LogP contribution in [0.4, 0.5) is 0 Å². The zero-order valence-corrected chi connectivity index (χ0v) is 19.9. The van der Waals surface area contributed by atoms with E-state index in [4.69, 9.17) is 4.74 Å². The van der Waals surface area contributed by atoms with Gasteiger partial charge in [-0.05, 0) is 75.4 Å². The van der Waals surface area contributed by atoms with Crippen LogP contribution in [0.1, 0.15) is 44.0 Å². The van der Waals surface area contributed by atoms with E-state index in [2.05, 4.69) is 42.4 Å². The molecule has 6 heteroatoms. The summed E-state index contributed by atoms with van der Waals surface area (Å²) in [6.45, 7) is 8.70. The van der Waals surface area contributed by atoms with Crippen LogP contribution in [-0.4, -0.2) is 57.6 Å². The molecule has 0 bridgehead atoms. The van der Waals surface area contributed by atoms with Gasteiger partial charge in [-0.3, -0.25) is 9.59 Å². The van der Waals surface area contributed by atoms with Gasteiger partial charge in [-0.2, -0.15) is 0 Å². The number of amides is 2. The third kappa shape index (κ3) is 7.69. The lowest BCUT2D eigenvalue weighted by atomic mass is 9.69. The summed E-state index contributed by atoms with van der Waals surface area (Å²) >= 11 is 0. The molecule has 1 aliphatic carbocycles. The Hall–Kier alpha value is -2.34. The minimum absolute atomic E-state index is 0.0707. The predicted octanol–water partition coefficient (Wildman–Crippen LogP) is 3.35. The number of allylic oxidation sites excluding steroid dienone is 1. The first-order valence-electron chi connectivity index (χ1n) is 11.2. The van der Waals surface area contributed by atoms with E-state index >= 15 is 0 Å². The van der Waals surface area contributed by atoms with Crippen molar-refractivity contribution < 1.29 is 14.3 Å². The monoisotopic (exact) mass is 429 g/mol. The number of nitrogens with one attached hydrogen (secondary N) is 2. The zero-order valence-electron chi connectivity index (χ0n) is 19.9. The van der Waals surface area contributed by atoms with Crippen LogP contribution < -0.4 is 15.4 Å². The molecule has 0 fully saturated rings. The van der Waals surface area contributed by atoms with Crippen LogP contribution in [0.3, 0.4) is 0 Å².